The van der Waals surface area contributed by atoms with Crippen molar-refractivity contribution in [2.45, 2.75) is 30.6 Å². The van der Waals surface area contributed by atoms with Crippen molar-refractivity contribution in [1.82, 2.24) is 19.3 Å². The number of methoxy groups -OCH3 is 1. The number of hydrogen-bond acceptors (Lipinski definition) is 6. The molecule has 0 saturated carbocycles. The maximum absolute atomic E-state index is 13.1. The fourth-order valence-corrected chi connectivity index (χ4v) is 5.21. The second kappa shape index (κ2) is 7.44. The topological polar surface area (TPSA) is 85.3 Å². The van der Waals surface area contributed by atoms with Crippen LogP contribution in [0.2, 0.25) is 0 Å². The Kier molecular flexibility index (Phi) is 4.99. The van der Waals surface area contributed by atoms with Crippen LogP contribution in [0, 0.1) is 6.92 Å². The van der Waals surface area contributed by atoms with Crippen molar-refractivity contribution in [3.63, 3.8) is 0 Å². The highest BCUT2D eigenvalue weighted by atomic mass is 32.2. The molecule has 1 unspecified atom stereocenters. The van der Waals surface area contributed by atoms with E-state index < -0.39 is 10.0 Å². The average Bonchev–Trinajstić information content (AvgIpc) is 2.73. The van der Waals surface area contributed by atoms with Gasteiger partial charge in [-0.15, -0.1) is 0 Å². The number of benzene rings is 1. The third-order valence-corrected chi connectivity index (χ3v) is 6.96. The molecule has 146 valence electrons. The van der Waals surface area contributed by atoms with Crippen LogP contribution in [-0.2, 0) is 10.0 Å². The van der Waals surface area contributed by atoms with Gasteiger partial charge in [0.1, 0.15) is 11.6 Å². The van der Waals surface area contributed by atoms with Gasteiger partial charge < -0.3 is 4.74 Å². The van der Waals surface area contributed by atoms with Gasteiger partial charge in [0, 0.05) is 30.6 Å². The highest BCUT2D eigenvalue weighted by Gasteiger charge is 2.32. The summed E-state index contributed by atoms with van der Waals surface area (Å²) < 4.78 is 33.0. The van der Waals surface area contributed by atoms with Crippen molar-refractivity contribution in [3.05, 3.63) is 54.1 Å². The number of fused-ring (bicyclic) bond motifs is 1. The molecule has 1 fully saturated rings. The van der Waals surface area contributed by atoms with Gasteiger partial charge in [0.2, 0.25) is 10.0 Å². The summed E-state index contributed by atoms with van der Waals surface area (Å²) in [5.74, 6) is 1.29. The molecule has 4 rings (SSSR count). The van der Waals surface area contributed by atoms with Crippen LogP contribution in [0.5, 0.6) is 5.75 Å². The van der Waals surface area contributed by atoms with Crippen LogP contribution >= 0.6 is 0 Å². The molecule has 1 atom stereocenters. The molecule has 1 aliphatic rings. The number of aryl methyl sites for hydroxylation is 1. The molecule has 0 radical (unpaired) electrons. The lowest BCUT2D eigenvalue weighted by atomic mass is 9.94. The second-order valence-corrected chi connectivity index (χ2v) is 8.85. The predicted molar refractivity (Wildman–Crippen MR) is 106 cm³/mol. The molecule has 8 heteroatoms. The monoisotopic (exact) mass is 398 g/mol. The van der Waals surface area contributed by atoms with Crippen LogP contribution in [0.15, 0.2) is 47.5 Å². The summed E-state index contributed by atoms with van der Waals surface area (Å²) >= 11 is 0. The normalized spacial score (nSPS) is 18.3. The van der Waals surface area contributed by atoms with E-state index in [0.29, 0.717) is 30.3 Å². The summed E-state index contributed by atoms with van der Waals surface area (Å²) in [5.41, 5.74) is 1.53. The number of sulfonamides is 1. The number of rotatable bonds is 4. The molecule has 3 heterocycles. The van der Waals surface area contributed by atoms with Gasteiger partial charge in [0.05, 0.1) is 17.7 Å². The van der Waals surface area contributed by atoms with Crippen molar-refractivity contribution in [3.8, 4) is 5.75 Å². The summed E-state index contributed by atoms with van der Waals surface area (Å²) in [7, 11) is -2.02. The minimum absolute atomic E-state index is 0.00942. The Morgan fingerprint density at radius 2 is 1.93 bits per heavy atom. The van der Waals surface area contributed by atoms with Gasteiger partial charge >= 0.3 is 0 Å². The van der Waals surface area contributed by atoms with Gasteiger partial charge in [-0.2, -0.15) is 4.31 Å². The Morgan fingerprint density at radius 3 is 2.68 bits per heavy atom. The first-order valence-electron chi connectivity index (χ1n) is 9.22. The lowest BCUT2D eigenvalue weighted by molar-refractivity contribution is 0.313. The molecule has 0 aliphatic carbocycles. The zero-order valence-corrected chi connectivity index (χ0v) is 16.7. The summed E-state index contributed by atoms with van der Waals surface area (Å²) in [6.07, 6.45) is 3.37. The van der Waals surface area contributed by atoms with Gasteiger partial charge in [0.25, 0.3) is 0 Å². The van der Waals surface area contributed by atoms with Crippen molar-refractivity contribution in [2.75, 3.05) is 20.2 Å². The average molecular weight is 398 g/mol. The van der Waals surface area contributed by atoms with Crippen LogP contribution in [0.25, 0.3) is 11.0 Å². The molecule has 1 saturated heterocycles. The summed E-state index contributed by atoms with van der Waals surface area (Å²) in [5, 5.41) is 0.891. The lowest BCUT2D eigenvalue weighted by Crippen LogP contribution is -2.39. The standard InChI is InChI=1S/C20H22N4O3S/c1-14-22-19(18-6-3-11-21-20(18)23-14)15-5-4-12-24(13-15)28(25,26)17-9-7-16(27-2)8-10-17/h3,6-11,15H,4-5,12-13H2,1-2H3. The number of aromatic nitrogens is 3. The minimum atomic E-state index is -3.57. The first kappa shape index (κ1) is 18.8. The molecule has 1 aromatic carbocycles. The Bertz CT molecular complexity index is 1100. The van der Waals surface area contributed by atoms with Crippen LogP contribution in [0.3, 0.4) is 0 Å². The fourth-order valence-electron chi connectivity index (χ4n) is 3.69. The SMILES string of the molecule is COc1ccc(S(=O)(=O)N2CCCC(c3nc(C)nc4ncccc34)C2)cc1. The largest absolute Gasteiger partial charge is 0.497 e. The first-order chi connectivity index (χ1) is 13.5. The summed E-state index contributed by atoms with van der Waals surface area (Å²) in [6.45, 7) is 2.74. The number of piperidine rings is 1. The highest BCUT2D eigenvalue weighted by molar-refractivity contribution is 7.89. The van der Waals surface area contributed by atoms with Gasteiger partial charge in [-0.1, -0.05) is 0 Å². The molecule has 3 aromatic rings. The van der Waals surface area contributed by atoms with Crippen LogP contribution in [0.1, 0.15) is 30.3 Å². The fraction of sp³-hybridized carbons (Fsp3) is 0.350. The molecule has 2 aromatic heterocycles. The van der Waals surface area contributed by atoms with E-state index in [1.54, 1.807) is 41.9 Å². The third-order valence-electron chi connectivity index (χ3n) is 5.08. The number of pyridine rings is 1. The molecule has 0 bridgehead atoms. The second-order valence-electron chi connectivity index (χ2n) is 6.91. The maximum atomic E-state index is 13.1. The van der Waals surface area contributed by atoms with E-state index in [9.17, 15) is 8.42 Å². The molecular weight excluding hydrogens is 376 g/mol. The van der Waals surface area contributed by atoms with Gasteiger partial charge in [-0.3, -0.25) is 0 Å². The van der Waals surface area contributed by atoms with Crippen LogP contribution in [0.4, 0.5) is 0 Å². The van der Waals surface area contributed by atoms with Gasteiger partial charge in [-0.25, -0.2) is 23.4 Å². The molecule has 7 nitrogen and oxygen atoms in total. The van der Waals surface area contributed by atoms with E-state index >= 15 is 0 Å². The third kappa shape index (κ3) is 3.45. The van der Waals surface area contributed by atoms with E-state index in [4.69, 9.17) is 4.74 Å². The van der Waals surface area contributed by atoms with Gasteiger partial charge in [-0.05, 0) is 56.2 Å². The Morgan fingerprint density at radius 1 is 1.14 bits per heavy atom. The minimum Gasteiger partial charge on any atom is -0.497 e. The Balaban J connectivity index is 1.66. The van der Waals surface area contributed by atoms with E-state index in [0.717, 1.165) is 23.9 Å². The lowest BCUT2D eigenvalue weighted by Gasteiger charge is -2.32. The van der Waals surface area contributed by atoms with Crippen molar-refractivity contribution < 1.29 is 13.2 Å². The van der Waals surface area contributed by atoms with Crippen LogP contribution < -0.4 is 4.74 Å². The molecule has 0 spiro atoms. The van der Waals surface area contributed by atoms with E-state index in [1.807, 2.05) is 19.1 Å². The number of ether oxygens (including phenoxy) is 1. The number of nitrogens with zero attached hydrogens (tertiary/aromatic N) is 4. The summed E-state index contributed by atoms with van der Waals surface area (Å²) in [4.78, 5) is 13.7. The maximum Gasteiger partial charge on any atom is 0.243 e. The van der Waals surface area contributed by atoms with E-state index in [1.165, 1.54) is 0 Å². The Labute approximate surface area is 164 Å². The summed E-state index contributed by atoms with van der Waals surface area (Å²) in [6, 6.07) is 10.3. The highest BCUT2D eigenvalue weighted by Crippen LogP contribution is 2.32. The van der Waals surface area contributed by atoms with Crippen molar-refractivity contribution in [2.24, 2.45) is 0 Å². The number of hydrogen-bond donors (Lipinski definition) is 0. The van der Waals surface area contributed by atoms with Crippen molar-refractivity contribution in [1.29, 1.82) is 0 Å². The smallest absolute Gasteiger partial charge is 0.243 e. The van der Waals surface area contributed by atoms with E-state index in [-0.39, 0.29) is 10.8 Å². The van der Waals surface area contributed by atoms with Gasteiger partial charge in [0.15, 0.2) is 5.65 Å². The zero-order valence-electron chi connectivity index (χ0n) is 15.9. The molecular formula is C20H22N4O3S. The quantitative estimate of drug-likeness (QED) is 0.672. The predicted octanol–water partition coefficient (Wildman–Crippen LogP) is 2.91. The molecule has 1 aliphatic heterocycles. The molecule has 0 N–H and O–H groups in total. The zero-order chi connectivity index (χ0) is 19.7. The van der Waals surface area contributed by atoms with Crippen molar-refractivity contribution >= 4 is 21.1 Å². The first-order valence-corrected chi connectivity index (χ1v) is 10.7. The van der Waals surface area contributed by atoms with E-state index in [2.05, 4.69) is 15.0 Å². The Hall–Kier alpha value is -2.58. The van der Waals surface area contributed by atoms with Crippen LogP contribution in [-0.4, -0.2) is 47.9 Å². The molecule has 0 amide bonds. The molecule has 28 heavy (non-hydrogen) atoms.